The molecule has 0 fully saturated rings. The molecule has 0 spiro atoms. The van der Waals surface area contributed by atoms with Gasteiger partial charge in [-0.05, 0) is 55.2 Å². The first kappa shape index (κ1) is 20.8. The maximum atomic E-state index is 4.75. The van der Waals surface area contributed by atoms with E-state index in [-0.39, 0.29) is 0 Å². The Morgan fingerprint density at radius 2 is 2.22 bits per heavy atom. The second-order valence-electron chi connectivity index (χ2n) is 6.16. The number of anilines is 1. The van der Waals surface area contributed by atoms with Gasteiger partial charge < -0.3 is 16.0 Å². The zero-order chi connectivity index (χ0) is 19.3. The predicted octanol–water partition coefficient (Wildman–Crippen LogP) is 3.66. The third-order valence-electron chi connectivity index (χ3n) is 3.78. The highest BCUT2D eigenvalue weighted by atomic mass is 32.2. The molecule has 1 aromatic heterocycles. The first-order valence-electron chi connectivity index (χ1n) is 9.10. The highest BCUT2D eigenvalue weighted by molar-refractivity contribution is 7.99. The van der Waals surface area contributed by atoms with Gasteiger partial charge in [-0.3, -0.25) is 4.99 Å². The molecule has 27 heavy (non-hydrogen) atoms. The van der Waals surface area contributed by atoms with Gasteiger partial charge in [0, 0.05) is 36.1 Å². The Balaban J connectivity index is 1.95. The minimum absolute atomic E-state index is 0.641. The molecule has 6 heteroatoms. The molecule has 0 radical (unpaired) electrons. The number of hydrogen-bond donors (Lipinski definition) is 3. The molecule has 0 atom stereocenters. The van der Waals surface area contributed by atoms with Crippen LogP contribution in [0, 0.1) is 6.92 Å². The number of rotatable bonds is 8. The molecule has 0 saturated carbocycles. The molecular weight excluding hydrogens is 354 g/mol. The van der Waals surface area contributed by atoms with E-state index in [2.05, 4.69) is 39.7 Å². The number of hydrogen-bond acceptors (Lipinski definition) is 6. The van der Waals surface area contributed by atoms with E-state index in [0.717, 1.165) is 53.0 Å². The van der Waals surface area contributed by atoms with Crippen molar-refractivity contribution in [3.63, 3.8) is 0 Å². The van der Waals surface area contributed by atoms with Crippen LogP contribution in [-0.4, -0.2) is 42.3 Å². The van der Waals surface area contributed by atoms with Gasteiger partial charge in [-0.25, -0.2) is 4.98 Å². The number of aliphatic imine (C=N–C) groups is 1. The van der Waals surface area contributed by atoms with Crippen LogP contribution in [0.15, 0.2) is 71.8 Å². The van der Waals surface area contributed by atoms with Crippen molar-refractivity contribution < 1.29 is 0 Å². The summed E-state index contributed by atoms with van der Waals surface area (Å²) in [5.41, 5.74) is 4.13. The van der Waals surface area contributed by atoms with Crippen LogP contribution in [0.2, 0.25) is 0 Å². The minimum Gasteiger partial charge on any atom is -0.394 e. The molecule has 5 nitrogen and oxygen atoms in total. The smallest absolute Gasteiger partial charge is 0.130 e. The quantitative estimate of drug-likeness (QED) is 0.598. The molecule has 0 bridgehead atoms. The van der Waals surface area contributed by atoms with Crippen molar-refractivity contribution in [2.45, 2.75) is 13.3 Å². The molecule has 0 amide bonds. The normalized spacial score (nSPS) is 18.2. The lowest BCUT2D eigenvalue weighted by Gasteiger charge is -2.12. The number of allylic oxidation sites excluding steroid dienone is 3. The predicted molar refractivity (Wildman–Crippen MR) is 119 cm³/mol. The van der Waals surface area contributed by atoms with Gasteiger partial charge in [0.25, 0.3) is 0 Å². The third kappa shape index (κ3) is 8.64. The van der Waals surface area contributed by atoms with Crippen LogP contribution < -0.4 is 16.0 Å². The van der Waals surface area contributed by atoms with Crippen LogP contribution >= 0.6 is 11.8 Å². The van der Waals surface area contributed by atoms with Crippen molar-refractivity contribution in [1.82, 2.24) is 15.6 Å². The Labute approximate surface area is 166 Å². The van der Waals surface area contributed by atoms with E-state index < -0.39 is 0 Å². The zero-order valence-electron chi connectivity index (χ0n) is 16.2. The second kappa shape index (κ2) is 12.0. The summed E-state index contributed by atoms with van der Waals surface area (Å²) in [6.45, 7) is 7.46. The second-order valence-corrected chi connectivity index (χ2v) is 7.26. The maximum absolute atomic E-state index is 4.75. The summed E-state index contributed by atoms with van der Waals surface area (Å²) < 4.78 is 0. The van der Waals surface area contributed by atoms with Crippen molar-refractivity contribution in [1.29, 1.82) is 0 Å². The van der Waals surface area contributed by atoms with Crippen LogP contribution in [0.4, 0.5) is 5.82 Å². The van der Waals surface area contributed by atoms with E-state index in [1.807, 2.05) is 62.4 Å². The number of nitrogens with zero attached hydrogens (tertiary/aromatic N) is 2. The number of nitrogens with one attached hydrogen (secondary N) is 3. The van der Waals surface area contributed by atoms with Crippen molar-refractivity contribution in [2.24, 2.45) is 4.99 Å². The number of aryl methyl sites for hydroxylation is 1. The number of thioether (sulfide) groups is 1. The van der Waals surface area contributed by atoms with Crippen LogP contribution in [0.25, 0.3) is 0 Å². The minimum atomic E-state index is 0.641. The molecule has 0 aromatic carbocycles. The molecule has 1 aromatic rings. The largest absolute Gasteiger partial charge is 0.394 e. The molecule has 2 rings (SSSR count). The Bertz CT molecular complexity index is 717. The summed E-state index contributed by atoms with van der Waals surface area (Å²) >= 11 is 1.90. The average Bonchev–Trinajstić information content (AvgIpc) is 2.67. The van der Waals surface area contributed by atoms with Crippen molar-refractivity contribution in [3.05, 3.63) is 72.4 Å². The standard InChI is InChI=1S/C21H29N5S/c1-17-6-9-21(25-14-17)26-19-8-7-18(2)24-15-20(23-12-10-19)16-27-13-5-4-11-22-3/h4,6-11,14,22,24H,2,5,12-13,15-16H2,1,3H3,(H,25,26)/b8-7-,11-4-,19-10+,23-20?. The van der Waals surface area contributed by atoms with Gasteiger partial charge in [0.2, 0.25) is 0 Å². The summed E-state index contributed by atoms with van der Waals surface area (Å²) in [7, 11) is 1.91. The monoisotopic (exact) mass is 383 g/mol. The number of pyridine rings is 1. The van der Waals surface area contributed by atoms with E-state index in [9.17, 15) is 0 Å². The van der Waals surface area contributed by atoms with Gasteiger partial charge in [-0.15, -0.1) is 0 Å². The fraction of sp³-hybridized carbons (Fsp3) is 0.333. The Kier molecular flexibility index (Phi) is 9.27. The SMILES string of the molecule is C=C1/C=C\C(Nc2ccc(C)cn2)=C/CN=C(CSCC/C=C\NC)CN1. The summed E-state index contributed by atoms with van der Waals surface area (Å²) in [5.74, 6) is 2.83. The van der Waals surface area contributed by atoms with Gasteiger partial charge in [0.1, 0.15) is 5.82 Å². The molecule has 3 N–H and O–H groups in total. The molecule has 0 unspecified atom stereocenters. The van der Waals surface area contributed by atoms with Gasteiger partial charge in [-0.2, -0.15) is 11.8 Å². The van der Waals surface area contributed by atoms with E-state index in [4.69, 9.17) is 4.99 Å². The Hall–Kier alpha value is -2.47. The van der Waals surface area contributed by atoms with Gasteiger partial charge in [0.05, 0.1) is 13.1 Å². The van der Waals surface area contributed by atoms with Crippen LogP contribution in [-0.2, 0) is 0 Å². The lowest BCUT2D eigenvalue weighted by Crippen LogP contribution is -2.24. The van der Waals surface area contributed by atoms with Gasteiger partial charge >= 0.3 is 0 Å². The molecule has 0 aliphatic carbocycles. The topological polar surface area (TPSA) is 61.3 Å². The third-order valence-corrected chi connectivity index (χ3v) is 4.84. The Morgan fingerprint density at radius 3 is 3.00 bits per heavy atom. The van der Waals surface area contributed by atoms with Crippen molar-refractivity contribution in [2.75, 3.05) is 37.0 Å². The number of aromatic nitrogens is 1. The lowest BCUT2D eigenvalue weighted by molar-refractivity contribution is 0.954. The summed E-state index contributed by atoms with van der Waals surface area (Å²) in [6, 6.07) is 4.02. The summed E-state index contributed by atoms with van der Waals surface area (Å²) in [4.78, 5) is 9.15. The van der Waals surface area contributed by atoms with Crippen LogP contribution in [0.5, 0.6) is 0 Å². The first-order chi connectivity index (χ1) is 13.2. The Morgan fingerprint density at radius 1 is 1.33 bits per heavy atom. The molecule has 1 aliphatic heterocycles. The van der Waals surface area contributed by atoms with E-state index >= 15 is 0 Å². The summed E-state index contributed by atoms with van der Waals surface area (Å²) in [5, 5.41) is 9.68. The van der Waals surface area contributed by atoms with E-state index in [1.54, 1.807) is 0 Å². The maximum Gasteiger partial charge on any atom is 0.130 e. The highest BCUT2D eigenvalue weighted by Crippen LogP contribution is 2.10. The fourth-order valence-corrected chi connectivity index (χ4v) is 3.16. The lowest BCUT2D eigenvalue weighted by atomic mass is 10.2. The molecular formula is C21H29N5S. The van der Waals surface area contributed by atoms with Crippen molar-refractivity contribution in [3.8, 4) is 0 Å². The average molecular weight is 384 g/mol. The molecule has 0 saturated heterocycles. The van der Waals surface area contributed by atoms with Crippen LogP contribution in [0.3, 0.4) is 0 Å². The summed E-state index contributed by atoms with van der Waals surface area (Å²) in [6.07, 6.45) is 13.1. The first-order valence-corrected chi connectivity index (χ1v) is 10.3. The van der Waals surface area contributed by atoms with E-state index in [1.165, 1.54) is 0 Å². The van der Waals surface area contributed by atoms with Gasteiger partial charge in [-0.1, -0.05) is 18.7 Å². The zero-order valence-corrected chi connectivity index (χ0v) is 17.0. The highest BCUT2D eigenvalue weighted by Gasteiger charge is 2.03. The molecule has 1 aliphatic rings. The van der Waals surface area contributed by atoms with Gasteiger partial charge in [0.15, 0.2) is 0 Å². The van der Waals surface area contributed by atoms with E-state index in [0.29, 0.717) is 6.54 Å². The fourth-order valence-electron chi connectivity index (χ4n) is 2.28. The van der Waals surface area contributed by atoms with Crippen molar-refractivity contribution >= 4 is 23.3 Å². The van der Waals surface area contributed by atoms with Crippen LogP contribution in [0.1, 0.15) is 12.0 Å². The molecule has 2 heterocycles. The molecule has 144 valence electrons.